The summed E-state index contributed by atoms with van der Waals surface area (Å²) in [5.41, 5.74) is 8.17. The minimum absolute atomic E-state index is 0.0844. The molecule has 0 saturated heterocycles. The van der Waals surface area contributed by atoms with Gasteiger partial charge in [-0.3, -0.25) is 0 Å². The molecule has 0 heterocycles. The van der Waals surface area contributed by atoms with Crippen LogP contribution in [0.3, 0.4) is 0 Å². The van der Waals surface area contributed by atoms with Crippen molar-refractivity contribution in [3.05, 3.63) is 29.3 Å². The number of nitrogens with one attached hydrogen (secondary N) is 1. The molecule has 1 aromatic carbocycles. The van der Waals surface area contributed by atoms with Crippen molar-refractivity contribution in [3.63, 3.8) is 0 Å². The Morgan fingerprint density at radius 2 is 1.80 bits per heavy atom. The molecule has 2 atom stereocenters. The van der Waals surface area contributed by atoms with Gasteiger partial charge in [-0.25, -0.2) is 13.1 Å². The van der Waals surface area contributed by atoms with Crippen LogP contribution in [0.4, 0.5) is 0 Å². The van der Waals surface area contributed by atoms with E-state index >= 15 is 0 Å². The maximum Gasteiger partial charge on any atom is 0.240 e. The molecule has 0 aliphatic heterocycles. The van der Waals surface area contributed by atoms with Gasteiger partial charge in [0.15, 0.2) is 0 Å². The second-order valence-electron chi connectivity index (χ2n) is 5.78. The zero-order chi connectivity index (χ0) is 14.8. The summed E-state index contributed by atoms with van der Waals surface area (Å²) in [4.78, 5) is 0.331. The molecule has 2 unspecified atom stereocenters. The van der Waals surface area contributed by atoms with Crippen LogP contribution in [-0.4, -0.2) is 20.5 Å². The maximum absolute atomic E-state index is 12.5. The third kappa shape index (κ3) is 3.59. The zero-order valence-electron chi connectivity index (χ0n) is 12.2. The van der Waals surface area contributed by atoms with Gasteiger partial charge in [-0.15, -0.1) is 0 Å². The molecule has 0 aromatic heterocycles. The smallest absolute Gasteiger partial charge is 0.240 e. The van der Waals surface area contributed by atoms with Gasteiger partial charge < -0.3 is 5.73 Å². The highest BCUT2D eigenvalue weighted by Gasteiger charge is 2.26. The number of hydrogen-bond acceptors (Lipinski definition) is 3. The van der Waals surface area contributed by atoms with E-state index in [-0.39, 0.29) is 12.1 Å². The van der Waals surface area contributed by atoms with E-state index in [0.717, 1.165) is 43.2 Å². The van der Waals surface area contributed by atoms with Gasteiger partial charge in [-0.1, -0.05) is 25.3 Å². The predicted octanol–water partition coefficient (Wildman–Crippen LogP) is 2.24. The van der Waals surface area contributed by atoms with Gasteiger partial charge in [0.1, 0.15) is 0 Å². The van der Waals surface area contributed by atoms with Gasteiger partial charge in [0.05, 0.1) is 4.90 Å². The molecule has 2 rings (SSSR count). The summed E-state index contributed by atoms with van der Waals surface area (Å²) in [5.74, 6) is 0. The third-order valence-corrected chi connectivity index (χ3v) is 5.65. The van der Waals surface area contributed by atoms with E-state index in [4.69, 9.17) is 5.73 Å². The Hall–Kier alpha value is -0.910. The molecule has 3 N–H and O–H groups in total. The van der Waals surface area contributed by atoms with Gasteiger partial charge >= 0.3 is 0 Å². The molecule has 112 valence electrons. The molecule has 1 fully saturated rings. The van der Waals surface area contributed by atoms with E-state index in [1.165, 1.54) is 0 Å². The topological polar surface area (TPSA) is 72.2 Å². The third-order valence-electron chi connectivity index (χ3n) is 4.16. The van der Waals surface area contributed by atoms with E-state index in [9.17, 15) is 8.42 Å². The van der Waals surface area contributed by atoms with Crippen molar-refractivity contribution in [1.82, 2.24) is 4.72 Å². The molecule has 1 saturated carbocycles. The average molecular weight is 296 g/mol. The lowest BCUT2D eigenvalue weighted by Crippen LogP contribution is -2.46. The minimum Gasteiger partial charge on any atom is -0.326 e. The SMILES string of the molecule is Cc1ccc(S(=O)(=O)NC2CCCCCC2N)cc1C. The number of nitrogens with two attached hydrogens (primary N) is 1. The van der Waals surface area contributed by atoms with Crippen molar-refractivity contribution in [3.8, 4) is 0 Å². The fraction of sp³-hybridized carbons (Fsp3) is 0.600. The molecule has 0 bridgehead atoms. The van der Waals surface area contributed by atoms with E-state index in [0.29, 0.717) is 4.90 Å². The second-order valence-corrected chi connectivity index (χ2v) is 7.49. The molecule has 0 amide bonds. The van der Waals surface area contributed by atoms with E-state index < -0.39 is 10.0 Å². The molecular formula is C15H24N2O2S. The van der Waals surface area contributed by atoms with Gasteiger partial charge in [-0.2, -0.15) is 0 Å². The summed E-state index contributed by atoms with van der Waals surface area (Å²) >= 11 is 0. The van der Waals surface area contributed by atoms with Crippen molar-refractivity contribution in [2.45, 2.75) is 62.9 Å². The Morgan fingerprint density at radius 3 is 2.50 bits per heavy atom. The van der Waals surface area contributed by atoms with Crippen LogP contribution in [0.2, 0.25) is 0 Å². The number of rotatable bonds is 3. The fourth-order valence-corrected chi connectivity index (χ4v) is 4.04. The molecule has 20 heavy (non-hydrogen) atoms. The molecule has 4 nitrogen and oxygen atoms in total. The first-order chi connectivity index (χ1) is 9.40. The number of aryl methyl sites for hydroxylation is 2. The van der Waals surface area contributed by atoms with Gasteiger partial charge in [0.25, 0.3) is 0 Å². The van der Waals surface area contributed by atoms with Crippen LogP contribution in [0.1, 0.15) is 43.2 Å². The summed E-state index contributed by atoms with van der Waals surface area (Å²) in [5, 5.41) is 0. The fourth-order valence-electron chi connectivity index (χ4n) is 2.63. The van der Waals surface area contributed by atoms with Crippen molar-refractivity contribution < 1.29 is 8.42 Å². The highest BCUT2D eigenvalue weighted by atomic mass is 32.2. The van der Waals surface area contributed by atoms with Gasteiger partial charge in [-0.05, 0) is 49.9 Å². The minimum atomic E-state index is -3.48. The molecule has 5 heteroatoms. The summed E-state index contributed by atoms with van der Waals surface area (Å²) in [6, 6.07) is 4.99. The molecule has 1 aliphatic carbocycles. The quantitative estimate of drug-likeness (QED) is 0.840. The van der Waals surface area contributed by atoms with E-state index in [1.807, 2.05) is 19.9 Å². The Morgan fingerprint density at radius 1 is 1.10 bits per heavy atom. The van der Waals surface area contributed by atoms with Crippen molar-refractivity contribution in [1.29, 1.82) is 0 Å². The summed E-state index contributed by atoms with van der Waals surface area (Å²) < 4.78 is 27.7. The Kier molecular flexibility index (Phi) is 4.83. The lowest BCUT2D eigenvalue weighted by atomic mass is 10.1. The van der Waals surface area contributed by atoms with Crippen LogP contribution >= 0.6 is 0 Å². The lowest BCUT2D eigenvalue weighted by molar-refractivity contribution is 0.456. The Labute approximate surface area is 121 Å². The number of hydrogen-bond donors (Lipinski definition) is 2. The van der Waals surface area contributed by atoms with Crippen LogP contribution < -0.4 is 10.5 Å². The summed E-state index contributed by atoms with van der Waals surface area (Å²) in [6.07, 6.45) is 4.97. The van der Waals surface area contributed by atoms with E-state index in [1.54, 1.807) is 12.1 Å². The molecule has 0 spiro atoms. The summed E-state index contributed by atoms with van der Waals surface area (Å²) in [7, 11) is -3.48. The highest BCUT2D eigenvalue weighted by molar-refractivity contribution is 7.89. The standard InChI is InChI=1S/C15H24N2O2S/c1-11-8-9-13(10-12(11)2)20(18,19)17-15-7-5-3-4-6-14(15)16/h8-10,14-15,17H,3-7,16H2,1-2H3. The molecule has 1 aliphatic rings. The molecule has 0 radical (unpaired) electrons. The number of sulfonamides is 1. The predicted molar refractivity (Wildman–Crippen MR) is 81.1 cm³/mol. The van der Waals surface area contributed by atoms with Crippen molar-refractivity contribution in [2.75, 3.05) is 0 Å². The first-order valence-electron chi connectivity index (χ1n) is 7.25. The van der Waals surface area contributed by atoms with Gasteiger partial charge in [0, 0.05) is 12.1 Å². The van der Waals surface area contributed by atoms with Crippen LogP contribution in [-0.2, 0) is 10.0 Å². The van der Waals surface area contributed by atoms with Crippen LogP contribution in [0.15, 0.2) is 23.1 Å². The monoisotopic (exact) mass is 296 g/mol. The van der Waals surface area contributed by atoms with Crippen molar-refractivity contribution in [2.24, 2.45) is 5.73 Å². The Balaban J connectivity index is 2.19. The first kappa shape index (κ1) is 15.5. The zero-order valence-corrected chi connectivity index (χ0v) is 13.0. The van der Waals surface area contributed by atoms with E-state index in [2.05, 4.69) is 4.72 Å². The summed E-state index contributed by atoms with van der Waals surface area (Å²) in [6.45, 7) is 3.89. The number of benzene rings is 1. The van der Waals surface area contributed by atoms with Crippen LogP contribution in [0.5, 0.6) is 0 Å². The second kappa shape index (κ2) is 6.24. The van der Waals surface area contributed by atoms with Crippen LogP contribution in [0.25, 0.3) is 0 Å². The molecule has 1 aromatic rings. The highest BCUT2D eigenvalue weighted by Crippen LogP contribution is 2.20. The normalized spacial score (nSPS) is 24.4. The Bertz CT molecular complexity index is 569. The maximum atomic E-state index is 12.5. The van der Waals surface area contributed by atoms with Crippen LogP contribution in [0, 0.1) is 13.8 Å². The first-order valence-corrected chi connectivity index (χ1v) is 8.73. The largest absolute Gasteiger partial charge is 0.326 e. The lowest BCUT2D eigenvalue weighted by Gasteiger charge is -2.22. The molecular weight excluding hydrogens is 272 g/mol. The average Bonchev–Trinajstić information content (AvgIpc) is 2.58. The van der Waals surface area contributed by atoms with Gasteiger partial charge in [0.2, 0.25) is 10.0 Å². The van der Waals surface area contributed by atoms with Crippen molar-refractivity contribution >= 4 is 10.0 Å².